The van der Waals surface area contributed by atoms with Gasteiger partial charge in [-0.3, -0.25) is 0 Å². The Kier molecular flexibility index (Phi) is 3.76. The molecule has 1 atom stereocenters. The summed E-state index contributed by atoms with van der Waals surface area (Å²) in [7, 11) is 3.37. The van der Waals surface area contributed by atoms with Crippen LogP contribution in [0, 0.1) is 0 Å². The second kappa shape index (κ2) is 6.11. The number of hydrogen-bond donors (Lipinski definition) is 0. The van der Waals surface area contributed by atoms with E-state index >= 15 is 0 Å². The number of carbonyl (C=O) groups excluding carboxylic acids is 2. The molecule has 0 aliphatic carbocycles. The molecule has 7 heteroatoms. The third-order valence-electron chi connectivity index (χ3n) is 4.39. The van der Waals surface area contributed by atoms with Gasteiger partial charge in [0, 0.05) is 18.0 Å². The predicted molar refractivity (Wildman–Crippen MR) is 93.6 cm³/mol. The first-order valence-corrected chi connectivity index (χ1v) is 7.98. The Balaban J connectivity index is 1.80. The van der Waals surface area contributed by atoms with Crippen molar-refractivity contribution in [2.75, 3.05) is 7.11 Å². The van der Waals surface area contributed by atoms with Crippen molar-refractivity contribution in [1.29, 1.82) is 0 Å². The van der Waals surface area contributed by atoms with Crippen LogP contribution < -0.4 is 4.74 Å². The third-order valence-corrected chi connectivity index (χ3v) is 4.39. The monoisotopic (exact) mass is 349 g/mol. The molecule has 4 rings (SSSR count). The highest BCUT2D eigenvalue weighted by molar-refractivity contribution is 6.12. The van der Waals surface area contributed by atoms with Gasteiger partial charge in [-0.1, -0.05) is 18.2 Å². The number of carbonyl (C=O) groups is 2. The highest BCUT2D eigenvalue weighted by Gasteiger charge is 2.39. The van der Waals surface area contributed by atoms with Gasteiger partial charge in [0.1, 0.15) is 5.75 Å². The second-order valence-electron chi connectivity index (χ2n) is 5.86. The molecule has 0 fully saturated rings. The number of cyclic esters (lactones) is 2. The molecule has 0 radical (unpaired) electrons. The van der Waals surface area contributed by atoms with Gasteiger partial charge in [0.2, 0.25) is 6.04 Å². The SMILES string of the molecule is COc1ccc(N=NC2C(=O)OC(=O)c3c2n(C)c2ccccc32)cc1. The minimum atomic E-state index is -0.998. The lowest BCUT2D eigenvalue weighted by Crippen LogP contribution is -2.27. The maximum Gasteiger partial charge on any atom is 0.348 e. The van der Waals surface area contributed by atoms with Crippen molar-refractivity contribution in [2.24, 2.45) is 17.3 Å². The summed E-state index contributed by atoms with van der Waals surface area (Å²) in [5, 5.41) is 9.02. The lowest BCUT2D eigenvalue weighted by Gasteiger charge is -2.18. The van der Waals surface area contributed by atoms with Crippen LogP contribution in [0.4, 0.5) is 5.69 Å². The fourth-order valence-corrected chi connectivity index (χ4v) is 3.13. The highest BCUT2D eigenvalue weighted by atomic mass is 16.6. The number of methoxy groups -OCH3 is 1. The molecule has 1 aliphatic heterocycles. The van der Waals surface area contributed by atoms with Crippen LogP contribution in [-0.2, 0) is 16.6 Å². The van der Waals surface area contributed by atoms with Gasteiger partial charge in [0.15, 0.2) is 0 Å². The summed E-state index contributed by atoms with van der Waals surface area (Å²) in [6.45, 7) is 0. The van der Waals surface area contributed by atoms with Crippen LogP contribution in [0.2, 0.25) is 0 Å². The summed E-state index contributed by atoms with van der Waals surface area (Å²) in [4.78, 5) is 24.6. The van der Waals surface area contributed by atoms with Gasteiger partial charge >= 0.3 is 11.9 Å². The molecular formula is C19H15N3O4. The van der Waals surface area contributed by atoms with Gasteiger partial charge in [-0.05, 0) is 30.3 Å². The van der Waals surface area contributed by atoms with Crippen molar-refractivity contribution >= 4 is 28.5 Å². The van der Waals surface area contributed by atoms with Gasteiger partial charge in [-0.25, -0.2) is 9.59 Å². The largest absolute Gasteiger partial charge is 0.497 e. The Morgan fingerprint density at radius 1 is 1.08 bits per heavy atom. The number of hydrogen-bond acceptors (Lipinski definition) is 6. The molecule has 0 saturated carbocycles. The van der Waals surface area contributed by atoms with Crippen molar-refractivity contribution in [3.63, 3.8) is 0 Å². The lowest BCUT2D eigenvalue weighted by molar-refractivity contribution is -0.140. The molecule has 2 heterocycles. The number of rotatable bonds is 3. The zero-order chi connectivity index (χ0) is 18.3. The number of esters is 2. The number of azo groups is 1. The zero-order valence-electron chi connectivity index (χ0n) is 14.2. The Labute approximate surface area is 148 Å². The molecule has 1 aromatic heterocycles. The van der Waals surface area contributed by atoms with Crippen LogP contribution in [0.25, 0.3) is 10.9 Å². The summed E-state index contributed by atoms with van der Waals surface area (Å²) < 4.78 is 11.8. The molecule has 26 heavy (non-hydrogen) atoms. The first kappa shape index (κ1) is 16.0. The van der Waals surface area contributed by atoms with Crippen molar-refractivity contribution in [1.82, 2.24) is 4.57 Å². The summed E-state index contributed by atoms with van der Waals surface area (Å²) in [6.07, 6.45) is 0. The standard InChI is InChI=1S/C19H15N3O4/c1-22-14-6-4-3-5-13(14)15-17(22)16(19(24)26-18(15)23)21-20-11-7-9-12(25-2)10-8-11/h3-10,16H,1-2H3. The maximum absolute atomic E-state index is 12.3. The van der Waals surface area contributed by atoms with E-state index in [2.05, 4.69) is 10.2 Å². The van der Waals surface area contributed by atoms with Crippen molar-refractivity contribution in [3.8, 4) is 5.75 Å². The minimum Gasteiger partial charge on any atom is -0.497 e. The molecule has 0 N–H and O–H groups in total. The van der Waals surface area contributed by atoms with E-state index in [1.54, 1.807) is 43.0 Å². The average Bonchev–Trinajstić information content (AvgIpc) is 2.96. The molecule has 3 aromatic rings. The van der Waals surface area contributed by atoms with Gasteiger partial charge < -0.3 is 14.0 Å². The number of fused-ring (bicyclic) bond motifs is 3. The first-order valence-electron chi connectivity index (χ1n) is 7.98. The van der Waals surface area contributed by atoms with E-state index in [1.165, 1.54) is 0 Å². The van der Waals surface area contributed by atoms with Crippen molar-refractivity contribution in [2.45, 2.75) is 6.04 Å². The summed E-state index contributed by atoms with van der Waals surface area (Å²) in [5.41, 5.74) is 2.25. The number of para-hydroxylation sites is 1. The number of aryl methyl sites for hydroxylation is 1. The number of benzene rings is 2. The summed E-state index contributed by atoms with van der Waals surface area (Å²) in [5.74, 6) is -0.689. The number of nitrogens with zero attached hydrogens (tertiary/aromatic N) is 3. The molecule has 2 aromatic carbocycles. The van der Waals surface area contributed by atoms with E-state index in [0.717, 1.165) is 10.9 Å². The van der Waals surface area contributed by atoms with Gasteiger partial charge in [-0.2, -0.15) is 10.2 Å². The fourth-order valence-electron chi connectivity index (χ4n) is 3.13. The van der Waals surface area contributed by atoms with E-state index in [-0.39, 0.29) is 0 Å². The lowest BCUT2D eigenvalue weighted by atomic mass is 10.0. The van der Waals surface area contributed by atoms with E-state index < -0.39 is 18.0 Å². The fraction of sp³-hybridized carbons (Fsp3) is 0.158. The normalized spacial score (nSPS) is 16.8. The highest BCUT2D eigenvalue weighted by Crippen LogP contribution is 2.36. The van der Waals surface area contributed by atoms with E-state index in [9.17, 15) is 9.59 Å². The van der Waals surface area contributed by atoms with Crippen molar-refractivity contribution < 1.29 is 19.1 Å². The van der Waals surface area contributed by atoms with Crippen LogP contribution in [0.1, 0.15) is 22.1 Å². The molecule has 7 nitrogen and oxygen atoms in total. The molecular weight excluding hydrogens is 334 g/mol. The van der Waals surface area contributed by atoms with Crippen LogP contribution in [0.3, 0.4) is 0 Å². The third kappa shape index (κ3) is 2.45. The average molecular weight is 349 g/mol. The first-order chi connectivity index (χ1) is 12.6. The Morgan fingerprint density at radius 3 is 2.54 bits per heavy atom. The zero-order valence-corrected chi connectivity index (χ0v) is 14.2. The summed E-state index contributed by atoms with van der Waals surface area (Å²) >= 11 is 0. The second-order valence-corrected chi connectivity index (χ2v) is 5.86. The topological polar surface area (TPSA) is 82.2 Å². The van der Waals surface area contributed by atoms with Gasteiger partial charge in [0.05, 0.1) is 24.1 Å². The Hall–Kier alpha value is -3.48. The molecule has 0 spiro atoms. The molecule has 0 amide bonds. The molecule has 1 unspecified atom stereocenters. The molecule has 0 bridgehead atoms. The molecule has 130 valence electrons. The molecule has 1 aliphatic rings. The summed E-state index contributed by atoms with van der Waals surface area (Å²) in [6, 6.07) is 13.4. The van der Waals surface area contributed by atoms with E-state index in [0.29, 0.717) is 22.7 Å². The Bertz CT molecular complexity index is 1050. The van der Waals surface area contributed by atoms with Crippen LogP contribution in [0.15, 0.2) is 58.8 Å². The van der Waals surface area contributed by atoms with E-state index in [4.69, 9.17) is 9.47 Å². The quantitative estimate of drug-likeness (QED) is 0.410. The van der Waals surface area contributed by atoms with Crippen LogP contribution in [0.5, 0.6) is 5.75 Å². The molecule has 0 saturated heterocycles. The van der Waals surface area contributed by atoms with Crippen LogP contribution in [-0.4, -0.2) is 23.6 Å². The predicted octanol–water partition coefficient (Wildman–Crippen LogP) is 3.71. The van der Waals surface area contributed by atoms with E-state index in [1.807, 2.05) is 24.3 Å². The van der Waals surface area contributed by atoms with Crippen molar-refractivity contribution in [3.05, 3.63) is 59.8 Å². The number of ether oxygens (including phenoxy) is 2. The van der Waals surface area contributed by atoms with Crippen LogP contribution >= 0.6 is 0 Å². The Morgan fingerprint density at radius 2 is 1.81 bits per heavy atom. The maximum atomic E-state index is 12.3. The minimum absolute atomic E-state index is 0.362. The van der Waals surface area contributed by atoms with Gasteiger partial charge in [-0.15, -0.1) is 0 Å². The number of aromatic nitrogens is 1. The smallest absolute Gasteiger partial charge is 0.348 e. The van der Waals surface area contributed by atoms with Gasteiger partial charge in [0.25, 0.3) is 0 Å².